The van der Waals surface area contributed by atoms with Crippen LogP contribution in [0.4, 0.5) is 0 Å². The van der Waals surface area contributed by atoms with Gasteiger partial charge >= 0.3 is 0 Å². The monoisotopic (exact) mass is 292 g/mol. The van der Waals surface area contributed by atoms with Crippen molar-refractivity contribution < 1.29 is 4.79 Å². The number of hydrogen-bond acceptors (Lipinski definition) is 1. The van der Waals surface area contributed by atoms with Crippen molar-refractivity contribution in [3.05, 3.63) is 46.0 Å². The van der Waals surface area contributed by atoms with Crippen molar-refractivity contribution in [3.8, 4) is 0 Å². The van der Waals surface area contributed by atoms with Gasteiger partial charge in [0, 0.05) is 10.9 Å². The van der Waals surface area contributed by atoms with E-state index in [4.69, 9.17) is 0 Å². The molecule has 0 spiro atoms. The van der Waals surface area contributed by atoms with E-state index in [1.54, 1.807) is 0 Å². The zero-order chi connectivity index (χ0) is 12.1. The lowest BCUT2D eigenvalue weighted by molar-refractivity contribution is -0.114. The van der Waals surface area contributed by atoms with E-state index < -0.39 is 0 Å². The topological polar surface area (TPSA) is 17.1 Å². The molecule has 0 aromatic heterocycles. The lowest BCUT2D eigenvalue weighted by Crippen LogP contribution is -2.02. The zero-order valence-electron chi connectivity index (χ0n) is 9.92. The molecule has 1 aromatic carbocycles. The molecule has 1 nitrogen and oxygen atoms in total. The zero-order valence-corrected chi connectivity index (χ0v) is 11.5. The summed E-state index contributed by atoms with van der Waals surface area (Å²) in [5.41, 5.74) is 2.42. The van der Waals surface area contributed by atoms with E-state index in [1.165, 1.54) is 24.8 Å². The third kappa shape index (κ3) is 4.12. The van der Waals surface area contributed by atoms with Gasteiger partial charge in [-0.1, -0.05) is 40.1 Å². The molecule has 0 radical (unpaired) electrons. The Hall–Kier alpha value is -0.890. The Morgan fingerprint density at radius 1 is 1.24 bits per heavy atom. The summed E-state index contributed by atoms with van der Waals surface area (Å²) in [5.74, 6) is 0.236. The fourth-order valence-electron chi connectivity index (χ4n) is 2.28. The maximum atomic E-state index is 11.9. The molecule has 0 saturated heterocycles. The summed E-state index contributed by atoms with van der Waals surface area (Å²) in [6.45, 7) is 0. The summed E-state index contributed by atoms with van der Waals surface area (Å²) in [4.78, 5) is 11.9. The molecular formula is C15H17BrO. The van der Waals surface area contributed by atoms with Gasteiger partial charge in [0.1, 0.15) is 0 Å². The smallest absolute Gasteiger partial charge is 0.160 e. The Balaban J connectivity index is 1.97. The van der Waals surface area contributed by atoms with Gasteiger partial charge in [-0.2, -0.15) is 0 Å². The van der Waals surface area contributed by atoms with Crippen molar-refractivity contribution in [1.29, 1.82) is 0 Å². The van der Waals surface area contributed by atoms with E-state index in [2.05, 4.69) is 15.9 Å². The summed E-state index contributed by atoms with van der Waals surface area (Å²) < 4.78 is 1.04. The van der Waals surface area contributed by atoms with E-state index in [0.29, 0.717) is 6.42 Å². The van der Waals surface area contributed by atoms with Gasteiger partial charge in [0.2, 0.25) is 0 Å². The lowest BCUT2D eigenvalue weighted by atomic mass is 9.93. The van der Waals surface area contributed by atoms with Gasteiger partial charge in [-0.15, -0.1) is 0 Å². The number of carbonyl (C=O) groups excluding carboxylic acids is 1. The van der Waals surface area contributed by atoms with Gasteiger partial charge in [-0.3, -0.25) is 4.79 Å². The lowest BCUT2D eigenvalue weighted by Gasteiger charge is -2.12. The van der Waals surface area contributed by atoms with Crippen molar-refractivity contribution in [2.45, 2.75) is 38.5 Å². The number of rotatable bonds is 3. The first-order chi connectivity index (χ1) is 8.24. The van der Waals surface area contributed by atoms with Crippen LogP contribution in [0.1, 0.15) is 37.7 Å². The predicted molar refractivity (Wildman–Crippen MR) is 74.0 cm³/mol. The molecule has 0 N–H and O–H groups in total. The van der Waals surface area contributed by atoms with Gasteiger partial charge in [-0.05, 0) is 49.5 Å². The van der Waals surface area contributed by atoms with Crippen LogP contribution in [-0.4, -0.2) is 5.78 Å². The van der Waals surface area contributed by atoms with Gasteiger partial charge in [-0.25, -0.2) is 0 Å². The number of allylic oxidation sites excluding steroid dienone is 2. The summed E-state index contributed by atoms with van der Waals surface area (Å²) >= 11 is 3.42. The molecule has 0 aliphatic heterocycles. The molecule has 0 bridgehead atoms. The number of ketones is 1. The second-order valence-electron chi connectivity index (χ2n) is 4.64. The molecule has 90 valence electrons. The number of hydrogen-bond donors (Lipinski definition) is 0. The average molecular weight is 293 g/mol. The molecule has 1 aromatic rings. The molecule has 0 unspecified atom stereocenters. The van der Waals surface area contributed by atoms with E-state index in [-0.39, 0.29) is 5.78 Å². The largest absolute Gasteiger partial charge is 0.294 e. The predicted octanol–water partition coefficient (Wildman–Crippen LogP) is 4.45. The minimum atomic E-state index is 0.236. The van der Waals surface area contributed by atoms with Crippen LogP contribution in [0.25, 0.3) is 0 Å². The van der Waals surface area contributed by atoms with Crippen LogP contribution in [-0.2, 0) is 11.2 Å². The van der Waals surface area contributed by atoms with Gasteiger partial charge in [0.15, 0.2) is 5.78 Å². The van der Waals surface area contributed by atoms with Gasteiger partial charge < -0.3 is 0 Å². The van der Waals surface area contributed by atoms with E-state index in [0.717, 1.165) is 22.9 Å². The second kappa shape index (κ2) is 6.15. The molecular weight excluding hydrogens is 276 g/mol. The maximum Gasteiger partial charge on any atom is 0.160 e. The second-order valence-corrected chi connectivity index (χ2v) is 5.55. The van der Waals surface area contributed by atoms with Crippen molar-refractivity contribution in [3.63, 3.8) is 0 Å². The van der Waals surface area contributed by atoms with E-state index in [9.17, 15) is 4.79 Å². The fourth-order valence-corrected chi connectivity index (χ4v) is 2.72. The summed E-state index contributed by atoms with van der Waals surface area (Å²) in [7, 11) is 0. The minimum absolute atomic E-state index is 0.236. The first-order valence-electron chi connectivity index (χ1n) is 6.21. The van der Waals surface area contributed by atoms with Gasteiger partial charge in [0.25, 0.3) is 0 Å². The van der Waals surface area contributed by atoms with Crippen LogP contribution in [0.2, 0.25) is 0 Å². The summed E-state index contributed by atoms with van der Waals surface area (Å²) in [6.07, 6.45) is 8.43. The Bertz CT molecular complexity index is 426. The van der Waals surface area contributed by atoms with Crippen LogP contribution < -0.4 is 0 Å². The van der Waals surface area contributed by atoms with Crippen LogP contribution in [0.3, 0.4) is 0 Å². The normalized spacial score (nSPS) is 15.7. The highest BCUT2D eigenvalue weighted by molar-refractivity contribution is 9.10. The van der Waals surface area contributed by atoms with Gasteiger partial charge in [0.05, 0.1) is 0 Å². The Morgan fingerprint density at radius 2 is 2.00 bits per heavy atom. The van der Waals surface area contributed by atoms with E-state index in [1.807, 2.05) is 30.3 Å². The van der Waals surface area contributed by atoms with E-state index >= 15 is 0 Å². The molecule has 0 amide bonds. The summed E-state index contributed by atoms with van der Waals surface area (Å²) in [5, 5.41) is 0. The SMILES string of the molecule is O=C(C=C1CCCCC1)Cc1cccc(Br)c1. The van der Waals surface area contributed by atoms with Crippen LogP contribution >= 0.6 is 15.9 Å². The third-order valence-electron chi connectivity index (χ3n) is 3.13. The highest BCUT2D eigenvalue weighted by atomic mass is 79.9. The third-order valence-corrected chi connectivity index (χ3v) is 3.62. The van der Waals surface area contributed by atoms with Crippen molar-refractivity contribution >= 4 is 21.7 Å². The maximum absolute atomic E-state index is 11.9. The Labute approximate surface area is 111 Å². The molecule has 0 atom stereocenters. The molecule has 1 fully saturated rings. The van der Waals surface area contributed by atoms with Crippen LogP contribution in [0.5, 0.6) is 0 Å². The van der Waals surface area contributed by atoms with Crippen molar-refractivity contribution in [2.24, 2.45) is 0 Å². The molecule has 2 rings (SSSR count). The first kappa shape index (κ1) is 12.6. The van der Waals surface area contributed by atoms with Crippen LogP contribution in [0, 0.1) is 0 Å². The van der Waals surface area contributed by atoms with Crippen LogP contribution in [0.15, 0.2) is 40.4 Å². The number of halogens is 1. The highest BCUT2D eigenvalue weighted by Gasteiger charge is 2.08. The summed E-state index contributed by atoms with van der Waals surface area (Å²) in [6, 6.07) is 7.97. The van der Waals surface area contributed by atoms with Crippen molar-refractivity contribution in [2.75, 3.05) is 0 Å². The first-order valence-corrected chi connectivity index (χ1v) is 7.00. The number of carbonyl (C=O) groups is 1. The molecule has 1 saturated carbocycles. The number of benzene rings is 1. The Kier molecular flexibility index (Phi) is 4.55. The fraction of sp³-hybridized carbons (Fsp3) is 0.400. The molecule has 17 heavy (non-hydrogen) atoms. The average Bonchev–Trinajstić information content (AvgIpc) is 2.30. The highest BCUT2D eigenvalue weighted by Crippen LogP contribution is 2.23. The standard InChI is InChI=1S/C15H17BrO/c16-14-8-4-7-13(9-14)11-15(17)10-12-5-2-1-3-6-12/h4,7-10H,1-3,5-6,11H2. The molecule has 0 heterocycles. The molecule has 1 aliphatic rings. The molecule has 1 aliphatic carbocycles. The Morgan fingerprint density at radius 3 is 2.71 bits per heavy atom. The van der Waals surface area contributed by atoms with Crippen molar-refractivity contribution in [1.82, 2.24) is 0 Å². The quantitative estimate of drug-likeness (QED) is 0.752. The molecule has 2 heteroatoms. The minimum Gasteiger partial charge on any atom is -0.294 e.